The first-order chi connectivity index (χ1) is 11.6. The Morgan fingerprint density at radius 1 is 1.21 bits per heavy atom. The SMILES string of the molecule is O=C(NCC1CCN(c2ccncc2)CC1)NCC1(O)CCCC1. The van der Waals surface area contributed by atoms with Crippen molar-refractivity contribution in [1.29, 1.82) is 0 Å². The van der Waals surface area contributed by atoms with E-state index in [1.54, 1.807) is 0 Å². The van der Waals surface area contributed by atoms with E-state index in [0.29, 0.717) is 19.0 Å². The van der Waals surface area contributed by atoms with Gasteiger partial charge in [-0.3, -0.25) is 4.98 Å². The van der Waals surface area contributed by atoms with Gasteiger partial charge in [0.15, 0.2) is 0 Å². The normalized spacial score (nSPS) is 20.8. The van der Waals surface area contributed by atoms with Gasteiger partial charge in [0.25, 0.3) is 0 Å². The molecule has 3 rings (SSSR count). The fraction of sp³-hybridized carbons (Fsp3) is 0.667. The molecule has 0 bridgehead atoms. The molecule has 24 heavy (non-hydrogen) atoms. The molecule has 132 valence electrons. The Bertz CT molecular complexity index is 523. The van der Waals surface area contributed by atoms with Crippen molar-refractivity contribution in [3.05, 3.63) is 24.5 Å². The Kier molecular flexibility index (Phi) is 5.56. The van der Waals surface area contributed by atoms with Crippen molar-refractivity contribution >= 4 is 11.7 Å². The molecule has 2 aliphatic rings. The Labute approximate surface area is 143 Å². The second kappa shape index (κ2) is 7.83. The lowest BCUT2D eigenvalue weighted by Crippen LogP contribution is -2.46. The van der Waals surface area contributed by atoms with Crippen molar-refractivity contribution in [3.63, 3.8) is 0 Å². The number of hydrogen-bond acceptors (Lipinski definition) is 4. The average Bonchev–Trinajstić information content (AvgIpc) is 3.06. The molecular formula is C18H28N4O2. The monoisotopic (exact) mass is 332 g/mol. The second-order valence-electron chi connectivity index (χ2n) is 7.13. The molecule has 6 heteroatoms. The van der Waals surface area contributed by atoms with E-state index in [0.717, 1.165) is 51.6 Å². The molecule has 1 saturated carbocycles. The van der Waals surface area contributed by atoms with Gasteiger partial charge in [-0.15, -0.1) is 0 Å². The van der Waals surface area contributed by atoms with Gasteiger partial charge in [-0.25, -0.2) is 4.79 Å². The van der Waals surface area contributed by atoms with E-state index in [9.17, 15) is 9.90 Å². The van der Waals surface area contributed by atoms with Gasteiger partial charge in [-0.2, -0.15) is 0 Å². The number of pyridine rings is 1. The van der Waals surface area contributed by atoms with Gasteiger partial charge in [0.05, 0.1) is 5.60 Å². The molecule has 0 spiro atoms. The summed E-state index contributed by atoms with van der Waals surface area (Å²) in [4.78, 5) is 18.3. The van der Waals surface area contributed by atoms with Crippen LogP contribution in [0.4, 0.5) is 10.5 Å². The lowest BCUT2D eigenvalue weighted by Gasteiger charge is -2.33. The van der Waals surface area contributed by atoms with Gasteiger partial charge in [-0.1, -0.05) is 12.8 Å². The van der Waals surface area contributed by atoms with E-state index in [1.807, 2.05) is 24.5 Å². The van der Waals surface area contributed by atoms with Gasteiger partial charge in [0.1, 0.15) is 0 Å². The fourth-order valence-corrected chi connectivity index (χ4v) is 3.70. The predicted octanol–water partition coefficient (Wildman–Crippen LogP) is 1.90. The van der Waals surface area contributed by atoms with E-state index in [-0.39, 0.29) is 6.03 Å². The lowest BCUT2D eigenvalue weighted by molar-refractivity contribution is 0.0501. The van der Waals surface area contributed by atoms with Gasteiger partial charge < -0.3 is 20.6 Å². The number of piperidine rings is 1. The molecule has 1 aliphatic heterocycles. The lowest BCUT2D eigenvalue weighted by atomic mass is 9.96. The number of aliphatic hydroxyl groups is 1. The highest BCUT2D eigenvalue weighted by Gasteiger charge is 2.31. The molecule has 1 aromatic rings. The van der Waals surface area contributed by atoms with Crippen LogP contribution in [0.25, 0.3) is 0 Å². The molecule has 2 fully saturated rings. The Morgan fingerprint density at radius 2 is 1.88 bits per heavy atom. The number of hydrogen-bond donors (Lipinski definition) is 3. The standard InChI is InChI=1S/C18H28N4O2/c23-17(21-14-18(24)7-1-2-8-18)20-13-15-5-11-22(12-6-15)16-3-9-19-10-4-16/h3-4,9-10,15,24H,1-2,5-8,11-14H2,(H2,20,21,23). The summed E-state index contributed by atoms with van der Waals surface area (Å²) >= 11 is 0. The highest BCUT2D eigenvalue weighted by atomic mass is 16.3. The van der Waals surface area contributed by atoms with Crippen LogP contribution >= 0.6 is 0 Å². The summed E-state index contributed by atoms with van der Waals surface area (Å²) in [6, 6.07) is 3.92. The topological polar surface area (TPSA) is 77.5 Å². The Balaban J connectivity index is 1.34. The molecular weight excluding hydrogens is 304 g/mol. The third-order valence-electron chi connectivity index (χ3n) is 5.31. The number of aromatic nitrogens is 1. The van der Waals surface area contributed by atoms with Crippen LogP contribution < -0.4 is 15.5 Å². The molecule has 1 aromatic heterocycles. The van der Waals surface area contributed by atoms with Crippen molar-refractivity contribution in [1.82, 2.24) is 15.6 Å². The summed E-state index contributed by atoms with van der Waals surface area (Å²) < 4.78 is 0. The molecule has 0 aromatic carbocycles. The van der Waals surface area contributed by atoms with E-state index in [2.05, 4.69) is 20.5 Å². The zero-order valence-electron chi connectivity index (χ0n) is 14.2. The minimum Gasteiger partial charge on any atom is -0.388 e. The number of rotatable bonds is 5. The number of carbonyl (C=O) groups excluding carboxylic acids is 1. The molecule has 6 nitrogen and oxygen atoms in total. The number of carbonyl (C=O) groups is 1. The minimum atomic E-state index is -0.687. The minimum absolute atomic E-state index is 0.160. The molecule has 1 saturated heterocycles. The van der Waals surface area contributed by atoms with Crippen LogP contribution in [0, 0.1) is 5.92 Å². The third-order valence-corrected chi connectivity index (χ3v) is 5.31. The molecule has 0 radical (unpaired) electrons. The van der Waals surface area contributed by atoms with Gasteiger partial charge >= 0.3 is 6.03 Å². The number of urea groups is 1. The van der Waals surface area contributed by atoms with Crippen LogP contribution in [0.15, 0.2) is 24.5 Å². The van der Waals surface area contributed by atoms with Crippen LogP contribution in [-0.2, 0) is 0 Å². The molecule has 0 unspecified atom stereocenters. The van der Waals surface area contributed by atoms with Crippen molar-refractivity contribution < 1.29 is 9.90 Å². The summed E-state index contributed by atoms with van der Waals surface area (Å²) in [5.74, 6) is 0.517. The van der Waals surface area contributed by atoms with Crippen molar-refractivity contribution in [2.24, 2.45) is 5.92 Å². The van der Waals surface area contributed by atoms with Crippen LogP contribution in [0.3, 0.4) is 0 Å². The van der Waals surface area contributed by atoms with Gasteiger partial charge in [0, 0.05) is 44.3 Å². The zero-order chi connectivity index (χ0) is 16.8. The van der Waals surface area contributed by atoms with Crippen molar-refractivity contribution in [2.45, 2.75) is 44.1 Å². The van der Waals surface area contributed by atoms with Crippen LogP contribution in [0.2, 0.25) is 0 Å². The highest BCUT2D eigenvalue weighted by Crippen LogP contribution is 2.28. The summed E-state index contributed by atoms with van der Waals surface area (Å²) in [7, 11) is 0. The Hall–Kier alpha value is -1.82. The van der Waals surface area contributed by atoms with E-state index >= 15 is 0 Å². The van der Waals surface area contributed by atoms with E-state index < -0.39 is 5.60 Å². The summed E-state index contributed by atoms with van der Waals surface area (Å²) in [5.41, 5.74) is 0.534. The molecule has 2 heterocycles. The second-order valence-corrected chi connectivity index (χ2v) is 7.13. The van der Waals surface area contributed by atoms with E-state index in [4.69, 9.17) is 0 Å². The van der Waals surface area contributed by atoms with Crippen molar-refractivity contribution in [2.75, 3.05) is 31.1 Å². The average molecular weight is 332 g/mol. The Morgan fingerprint density at radius 3 is 2.54 bits per heavy atom. The number of amides is 2. The third kappa shape index (κ3) is 4.60. The maximum atomic E-state index is 11.9. The fourth-order valence-electron chi connectivity index (χ4n) is 3.70. The van der Waals surface area contributed by atoms with Crippen LogP contribution in [0.5, 0.6) is 0 Å². The van der Waals surface area contributed by atoms with E-state index in [1.165, 1.54) is 5.69 Å². The number of nitrogens with one attached hydrogen (secondary N) is 2. The summed E-state index contributed by atoms with van der Waals surface area (Å²) in [5, 5.41) is 16.0. The van der Waals surface area contributed by atoms with Gasteiger partial charge in [-0.05, 0) is 43.7 Å². The highest BCUT2D eigenvalue weighted by molar-refractivity contribution is 5.73. The molecule has 3 N–H and O–H groups in total. The van der Waals surface area contributed by atoms with Gasteiger partial charge in [0.2, 0.25) is 0 Å². The maximum Gasteiger partial charge on any atom is 0.314 e. The maximum absolute atomic E-state index is 11.9. The quantitative estimate of drug-likeness (QED) is 0.770. The molecule has 2 amide bonds. The molecule has 0 atom stereocenters. The van der Waals surface area contributed by atoms with Crippen LogP contribution in [-0.4, -0.2) is 47.9 Å². The summed E-state index contributed by atoms with van der Waals surface area (Å²) in [6.45, 7) is 3.09. The first kappa shape index (κ1) is 17.0. The number of nitrogens with zero attached hydrogens (tertiary/aromatic N) is 2. The first-order valence-corrected chi connectivity index (χ1v) is 9.04. The predicted molar refractivity (Wildman–Crippen MR) is 94.0 cm³/mol. The first-order valence-electron chi connectivity index (χ1n) is 9.04. The van der Waals surface area contributed by atoms with Crippen LogP contribution in [0.1, 0.15) is 38.5 Å². The zero-order valence-corrected chi connectivity index (χ0v) is 14.2. The number of anilines is 1. The summed E-state index contributed by atoms with van der Waals surface area (Å²) in [6.07, 6.45) is 9.49. The molecule has 1 aliphatic carbocycles. The smallest absolute Gasteiger partial charge is 0.314 e. The largest absolute Gasteiger partial charge is 0.388 e. The van der Waals surface area contributed by atoms with Crippen molar-refractivity contribution in [3.8, 4) is 0 Å².